The molecule has 0 aromatic rings. The highest BCUT2D eigenvalue weighted by Gasteiger charge is 2.28. The number of carbonyl (C=O) groups excluding carboxylic acids is 2. The third-order valence-corrected chi connectivity index (χ3v) is 1.36. The summed E-state index contributed by atoms with van der Waals surface area (Å²) in [5, 5.41) is 8.60. The van der Waals surface area contributed by atoms with E-state index in [9.17, 15) is 14.4 Å². The molecule has 0 aliphatic rings. The molecule has 1 N–H and O–H groups in total. The lowest BCUT2D eigenvalue weighted by Gasteiger charge is -2.19. The highest BCUT2D eigenvalue weighted by atomic mass is 16.7. The molecule has 0 amide bonds. The molecule has 0 bridgehead atoms. The van der Waals surface area contributed by atoms with Crippen LogP contribution in [0.3, 0.4) is 0 Å². The summed E-state index contributed by atoms with van der Waals surface area (Å²) in [6, 6.07) is 0. The van der Waals surface area contributed by atoms with Crippen molar-refractivity contribution in [2.24, 2.45) is 5.92 Å². The third-order valence-electron chi connectivity index (χ3n) is 1.36. The molecule has 0 aromatic carbocycles. The minimum atomic E-state index is -1.37. The summed E-state index contributed by atoms with van der Waals surface area (Å²) in [6.07, 6.45) is -1.37. The Morgan fingerprint density at radius 2 is 1.43 bits per heavy atom. The Morgan fingerprint density at radius 3 is 1.64 bits per heavy atom. The molecule has 1 unspecified atom stereocenters. The Labute approximate surface area is 80.8 Å². The number of hydrogen-bond donors (Lipinski definition) is 1. The number of ether oxygens (including phenoxy) is 2. The molecule has 0 rings (SSSR count). The van der Waals surface area contributed by atoms with E-state index in [0.29, 0.717) is 0 Å². The number of aliphatic carboxylic acids is 1. The van der Waals surface area contributed by atoms with Crippen molar-refractivity contribution in [2.45, 2.75) is 27.1 Å². The zero-order chi connectivity index (χ0) is 11.3. The minimum absolute atomic E-state index is 0.704. The molecule has 14 heavy (non-hydrogen) atoms. The van der Waals surface area contributed by atoms with Crippen molar-refractivity contribution in [3.63, 3.8) is 0 Å². The van der Waals surface area contributed by atoms with E-state index in [1.165, 1.54) is 6.92 Å². The first-order valence-electron chi connectivity index (χ1n) is 3.91. The SMILES string of the molecule is CC(=O)OC(OC(C)=O)C(C)C(=O)O. The van der Waals surface area contributed by atoms with Gasteiger partial charge in [0.15, 0.2) is 0 Å². The molecule has 0 radical (unpaired) electrons. The van der Waals surface area contributed by atoms with Gasteiger partial charge in [-0.25, -0.2) is 0 Å². The van der Waals surface area contributed by atoms with E-state index in [1.807, 2.05) is 0 Å². The standard InChI is InChI=1S/C8H12O6/c1-4(7(11)12)8(13-5(2)9)14-6(3)10/h4,8H,1-3H3,(H,11,12). The Kier molecular flexibility index (Phi) is 4.62. The van der Waals surface area contributed by atoms with Crippen molar-refractivity contribution in [1.29, 1.82) is 0 Å². The average molecular weight is 204 g/mol. The zero-order valence-corrected chi connectivity index (χ0v) is 8.14. The van der Waals surface area contributed by atoms with Crippen molar-refractivity contribution in [3.8, 4) is 0 Å². The summed E-state index contributed by atoms with van der Waals surface area (Å²) >= 11 is 0. The largest absolute Gasteiger partial charge is 0.481 e. The van der Waals surface area contributed by atoms with Gasteiger partial charge in [0.25, 0.3) is 6.29 Å². The first-order chi connectivity index (χ1) is 6.34. The van der Waals surface area contributed by atoms with Gasteiger partial charge in [0.05, 0.1) is 0 Å². The molecule has 0 fully saturated rings. The van der Waals surface area contributed by atoms with Crippen LogP contribution in [0.4, 0.5) is 0 Å². The van der Waals surface area contributed by atoms with Crippen LogP contribution in [0.25, 0.3) is 0 Å². The maximum Gasteiger partial charge on any atom is 0.313 e. The van der Waals surface area contributed by atoms with Gasteiger partial charge in [-0.3, -0.25) is 14.4 Å². The summed E-state index contributed by atoms with van der Waals surface area (Å²) in [5.41, 5.74) is 0. The molecule has 0 saturated heterocycles. The van der Waals surface area contributed by atoms with Crippen LogP contribution in [0, 0.1) is 5.92 Å². The molecule has 80 valence electrons. The van der Waals surface area contributed by atoms with E-state index >= 15 is 0 Å². The number of carboxylic acid groups (broad SMARTS) is 1. The lowest BCUT2D eigenvalue weighted by atomic mass is 10.2. The highest BCUT2D eigenvalue weighted by molar-refractivity contribution is 5.73. The molecule has 1 atom stereocenters. The number of rotatable bonds is 4. The molecule has 0 heterocycles. The minimum Gasteiger partial charge on any atom is -0.481 e. The van der Waals surface area contributed by atoms with E-state index in [1.54, 1.807) is 0 Å². The van der Waals surface area contributed by atoms with Gasteiger partial charge in [-0.2, -0.15) is 0 Å². The van der Waals surface area contributed by atoms with Crippen LogP contribution in [-0.4, -0.2) is 29.3 Å². The normalized spacial score (nSPS) is 12.0. The van der Waals surface area contributed by atoms with E-state index in [2.05, 4.69) is 9.47 Å². The molecule has 0 aliphatic carbocycles. The van der Waals surface area contributed by atoms with Crippen LogP contribution >= 0.6 is 0 Å². The first kappa shape index (κ1) is 12.4. The molecule has 0 saturated carbocycles. The average Bonchev–Trinajstić information content (AvgIpc) is 1.99. The number of carbonyl (C=O) groups is 3. The van der Waals surface area contributed by atoms with Gasteiger partial charge in [0.2, 0.25) is 0 Å². The second kappa shape index (κ2) is 5.21. The zero-order valence-electron chi connectivity index (χ0n) is 8.14. The summed E-state index contributed by atoms with van der Waals surface area (Å²) in [7, 11) is 0. The van der Waals surface area contributed by atoms with Crippen molar-refractivity contribution in [3.05, 3.63) is 0 Å². The Balaban J connectivity index is 4.45. The van der Waals surface area contributed by atoms with Crippen molar-refractivity contribution in [2.75, 3.05) is 0 Å². The van der Waals surface area contributed by atoms with Gasteiger partial charge >= 0.3 is 17.9 Å². The predicted octanol–water partition coefficient (Wildman–Crippen LogP) is 0.159. The summed E-state index contributed by atoms with van der Waals surface area (Å²) in [5.74, 6) is -3.71. The Hall–Kier alpha value is -1.59. The monoisotopic (exact) mass is 204 g/mol. The molecule has 0 aliphatic heterocycles. The van der Waals surface area contributed by atoms with Crippen LogP contribution in [-0.2, 0) is 23.9 Å². The van der Waals surface area contributed by atoms with Crippen molar-refractivity contribution < 1.29 is 29.0 Å². The fourth-order valence-electron chi connectivity index (χ4n) is 0.672. The number of esters is 2. The molecule has 0 aromatic heterocycles. The van der Waals surface area contributed by atoms with E-state index < -0.39 is 30.1 Å². The topological polar surface area (TPSA) is 89.9 Å². The Bertz CT molecular complexity index is 230. The van der Waals surface area contributed by atoms with E-state index in [-0.39, 0.29) is 0 Å². The third kappa shape index (κ3) is 4.44. The fraction of sp³-hybridized carbons (Fsp3) is 0.625. The molecular formula is C8H12O6. The Morgan fingerprint density at radius 1 is 1.07 bits per heavy atom. The second-order valence-electron chi connectivity index (χ2n) is 2.71. The van der Waals surface area contributed by atoms with Crippen molar-refractivity contribution >= 4 is 17.9 Å². The van der Waals surface area contributed by atoms with Crippen LogP contribution < -0.4 is 0 Å². The molecule has 6 heteroatoms. The molecular weight excluding hydrogens is 192 g/mol. The van der Waals surface area contributed by atoms with Crippen LogP contribution in [0.5, 0.6) is 0 Å². The van der Waals surface area contributed by atoms with Crippen LogP contribution in [0.15, 0.2) is 0 Å². The lowest BCUT2D eigenvalue weighted by molar-refractivity contribution is -0.197. The van der Waals surface area contributed by atoms with Gasteiger partial charge in [-0.05, 0) is 6.92 Å². The highest BCUT2D eigenvalue weighted by Crippen LogP contribution is 2.10. The van der Waals surface area contributed by atoms with Gasteiger partial charge in [-0.1, -0.05) is 0 Å². The number of carboxylic acids is 1. The van der Waals surface area contributed by atoms with Gasteiger partial charge in [0, 0.05) is 13.8 Å². The van der Waals surface area contributed by atoms with Crippen LogP contribution in [0.1, 0.15) is 20.8 Å². The summed E-state index contributed by atoms with van der Waals surface area (Å²) < 4.78 is 9.04. The van der Waals surface area contributed by atoms with Gasteiger partial charge < -0.3 is 14.6 Å². The predicted molar refractivity (Wildman–Crippen MR) is 44.1 cm³/mol. The quantitative estimate of drug-likeness (QED) is 0.518. The lowest BCUT2D eigenvalue weighted by Crippen LogP contribution is -2.33. The van der Waals surface area contributed by atoms with Crippen LogP contribution in [0.2, 0.25) is 0 Å². The summed E-state index contributed by atoms with van der Waals surface area (Å²) in [4.78, 5) is 31.6. The smallest absolute Gasteiger partial charge is 0.313 e. The fourth-order valence-corrected chi connectivity index (χ4v) is 0.672. The first-order valence-corrected chi connectivity index (χ1v) is 3.91. The van der Waals surface area contributed by atoms with Gasteiger partial charge in [-0.15, -0.1) is 0 Å². The maximum atomic E-state index is 10.6. The summed E-state index contributed by atoms with van der Waals surface area (Å²) in [6.45, 7) is 3.48. The molecule has 0 spiro atoms. The second-order valence-corrected chi connectivity index (χ2v) is 2.71. The van der Waals surface area contributed by atoms with E-state index in [4.69, 9.17) is 5.11 Å². The maximum absolute atomic E-state index is 10.6. The number of hydrogen-bond acceptors (Lipinski definition) is 5. The van der Waals surface area contributed by atoms with E-state index in [0.717, 1.165) is 13.8 Å². The molecule has 6 nitrogen and oxygen atoms in total. The van der Waals surface area contributed by atoms with Gasteiger partial charge in [0.1, 0.15) is 5.92 Å². The van der Waals surface area contributed by atoms with Crippen molar-refractivity contribution in [1.82, 2.24) is 0 Å².